The van der Waals surface area contributed by atoms with E-state index in [0.717, 1.165) is 31.3 Å². The van der Waals surface area contributed by atoms with Gasteiger partial charge in [0.25, 0.3) is 0 Å². The van der Waals surface area contributed by atoms with Crippen LogP contribution < -0.4 is 5.73 Å². The second-order valence-electron chi connectivity index (χ2n) is 14.3. The van der Waals surface area contributed by atoms with Crippen LogP contribution in [0.2, 0.25) is 0 Å². The summed E-state index contributed by atoms with van der Waals surface area (Å²) in [7, 11) is -2.24. The standard InChI is InChI=1S/C40H63FN5O6P/c1-3-4-5-6-7-8-9-10-11-12-13-14-15-16-17-22-48-28-35(49-27-33-23-32(26-42)24-34(41)25-33)29-50-53(47)51-30-40(2)21-20-38(52-40)36-18-19-37(46-36)39(44)45-31-43/h18-19,23-25,31,35,38,46-47H,3-17,20-22,27-30H2,1-2H3,(H3,43,44,45)/t35?,38?,40-,53?/m0/s1. The molecule has 3 unspecified atom stereocenters. The maximum absolute atomic E-state index is 14.0. The molecule has 1 aromatic heterocycles. The second-order valence-corrected chi connectivity index (χ2v) is 15.3. The predicted octanol–water partition coefficient (Wildman–Crippen LogP) is 9.67. The van der Waals surface area contributed by atoms with Crippen LogP contribution in [0.5, 0.6) is 0 Å². The minimum Gasteiger partial charge on any atom is -0.382 e. The molecule has 2 heterocycles. The number of aromatic amines is 1. The van der Waals surface area contributed by atoms with E-state index in [-0.39, 0.29) is 43.9 Å². The summed E-state index contributed by atoms with van der Waals surface area (Å²) in [6.07, 6.45) is 21.1. The molecule has 0 bridgehead atoms. The van der Waals surface area contributed by atoms with Crippen molar-refractivity contribution in [3.63, 3.8) is 0 Å². The molecule has 1 aliphatic rings. The summed E-state index contributed by atoms with van der Waals surface area (Å²) in [6, 6.07) is 9.74. The number of hydrogen-bond acceptors (Lipinski definition) is 8. The largest absolute Gasteiger partial charge is 0.382 e. The van der Waals surface area contributed by atoms with Gasteiger partial charge < -0.3 is 38.9 Å². The third kappa shape index (κ3) is 18.4. The molecule has 1 aromatic carbocycles. The molecule has 4 atom stereocenters. The number of ether oxygens (including phenoxy) is 3. The molecular formula is C40H63FN5O6P. The zero-order chi connectivity index (χ0) is 38.2. The number of aromatic nitrogens is 1. The lowest BCUT2D eigenvalue weighted by atomic mass is 10.0. The Kier molecular flexibility index (Phi) is 22.0. The molecule has 1 saturated heterocycles. The summed E-state index contributed by atoms with van der Waals surface area (Å²) in [5.41, 5.74) is 7.44. The summed E-state index contributed by atoms with van der Waals surface area (Å²) in [6.45, 7) is 5.20. The van der Waals surface area contributed by atoms with Crippen LogP contribution in [0.1, 0.15) is 152 Å². The van der Waals surface area contributed by atoms with E-state index in [2.05, 4.69) is 16.9 Å². The quantitative estimate of drug-likeness (QED) is 0.0264. The third-order valence-corrected chi connectivity index (χ3v) is 10.2. The van der Waals surface area contributed by atoms with E-state index >= 15 is 0 Å². The van der Waals surface area contributed by atoms with Crippen molar-refractivity contribution >= 4 is 20.8 Å². The van der Waals surface area contributed by atoms with E-state index in [1.54, 1.807) is 12.1 Å². The van der Waals surface area contributed by atoms with Gasteiger partial charge >= 0.3 is 8.60 Å². The number of hydrogen-bond donors (Lipinski definition) is 4. The van der Waals surface area contributed by atoms with Gasteiger partial charge in [-0.15, -0.1) is 0 Å². The molecule has 53 heavy (non-hydrogen) atoms. The Hall–Kier alpha value is -2.75. The number of H-pyrrole nitrogens is 1. The third-order valence-electron chi connectivity index (χ3n) is 9.52. The van der Waals surface area contributed by atoms with Gasteiger partial charge in [0.05, 0.1) is 55.5 Å². The summed E-state index contributed by atoms with van der Waals surface area (Å²) < 4.78 is 43.6. The van der Waals surface area contributed by atoms with Crippen LogP contribution in [0.4, 0.5) is 4.39 Å². The zero-order valence-corrected chi connectivity index (χ0v) is 32.9. The Morgan fingerprint density at radius 1 is 1.06 bits per heavy atom. The maximum Gasteiger partial charge on any atom is 0.330 e. The number of unbranched alkanes of at least 4 members (excludes halogenated alkanes) is 14. The van der Waals surface area contributed by atoms with Gasteiger partial charge in [0.2, 0.25) is 0 Å². The van der Waals surface area contributed by atoms with Crippen LogP contribution in [0.15, 0.2) is 35.3 Å². The van der Waals surface area contributed by atoms with Crippen molar-refractivity contribution in [2.24, 2.45) is 10.7 Å². The van der Waals surface area contributed by atoms with E-state index in [1.807, 2.05) is 19.1 Å². The van der Waals surface area contributed by atoms with Crippen LogP contribution in [0.25, 0.3) is 0 Å². The molecule has 11 nitrogen and oxygen atoms in total. The minimum absolute atomic E-state index is 0.00561. The monoisotopic (exact) mass is 759 g/mol. The lowest BCUT2D eigenvalue weighted by molar-refractivity contribution is -0.0657. The van der Waals surface area contributed by atoms with Gasteiger partial charge in [0.1, 0.15) is 24.1 Å². The molecule has 296 valence electrons. The van der Waals surface area contributed by atoms with E-state index in [1.165, 1.54) is 95.6 Å². The minimum atomic E-state index is -2.24. The van der Waals surface area contributed by atoms with Gasteiger partial charge in [-0.2, -0.15) is 5.26 Å². The van der Waals surface area contributed by atoms with Crippen molar-refractivity contribution in [2.75, 3.05) is 26.4 Å². The highest BCUT2D eigenvalue weighted by molar-refractivity contribution is 7.40. The smallest absolute Gasteiger partial charge is 0.330 e. The number of nitrogens with zero attached hydrogens (tertiary/aromatic N) is 2. The maximum atomic E-state index is 14.0. The van der Waals surface area contributed by atoms with Gasteiger partial charge in [0.15, 0.2) is 0 Å². The first-order valence-electron chi connectivity index (χ1n) is 19.6. The van der Waals surface area contributed by atoms with Crippen molar-refractivity contribution in [2.45, 2.75) is 147 Å². The Labute approximate surface area is 317 Å². The molecule has 1 fully saturated rings. The van der Waals surface area contributed by atoms with E-state index < -0.39 is 26.1 Å². The molecule has 0 spiro atoms. The lowest BCUT2D eigenvalue weighted by Crippen LogP contribution is -2.30. The first-order valence-corrected chi connectivity index (χ1v) is 20.7. The first-order chi connectivity index (χ1) is 25.7. The number of nitriles is 1. The van der Waals surface area contributed by atoms with Crippen LogP contribution in [0, 0.1) is 22.6 Å². The second kappa shape index (κ2) is 26.1. The SMILES string of the molecule is CCCCCCCCCCCCCCCCCOCC(COP(O)OC[C@]1(C)CCC(c2ccc(C(N)=NC=N)[nH]2)O1)OCc1cc(F)cc(C#N)c1. The molecule has 13 heteroatoms. The molecule has 2 aromatic rings. The fraction of sp³-hybridized carbons (Fsp3) is 0.675. The molecular weight excluding hydrogens is 696 g/mol. The van der Waals surface area contributed by atoms with Crippen LogP contribution >= 0.6 is 8.60 Å². The van der Waals surface area contributed by atoms with Gasteiger partial charge in [0, 0.05) is 12.3 Å². The van der Waals surface area contributed by atoms with Crippen molar-refractivity contribution < 1.29 is 32.5 Å². The number of benzene rings is 1. The number of rotatable bonds is 30. The van der Waals surface area contributed by atoms with Crippen LogP contribution in [-0.4, -0.2) is 60.2 Å². The van der Waals surface area contributed by atoms with Crippen molar-refractivity contribution in [1.82, 2.24) is 4.98 Å². The predicted molar refractivity (Wildman–Crippen MR) is 208 cm³/mol. The Bertz CT molecular complexity index is 1390. The number of halogens is 1. The van der Waals surface area contributed by atoms with Crippen molar-refractivity contribution in [1.29, 1.82) is 10.7 Å². The van der Waals surface area contributed by atoms with E-state index in [0.29, 0.717) is 24.3 Å². The van der Waals surface area contributed by atoms with E-state index in [9.17, 15) is 14.5 Å². The number of aliphatic imine (C=N–C) groups is 1. The number of amidine groups is 1. The lowest BCUT2D eigenvalue weighted by Gasteiger charge is -2.26. The Morgan fingerprint density at radius 2 is 1.72 bits per heavy atom. The molecule has 1 aliphatic heterocycles. The molecule has 5 N–H and O–H groups in total. The molecule has 0 amide bonds. The summed E-state index contributed by atoms with van der Waals surface area (Å²) in [5, 5.41) is 16.3. The van der Waals surface area contributed by atoms with Crippen LogP contribution in [0.3, 0.4) is 0 Å². The highest BCUT2D eigenvalue weighted by atomic mass is 31.2. The first kappa shape index (κ1) is 44.6. The fourth-order valence-corrected chi connectivity index (χ4v) is 7.19. The normalized spacial score (nSPS) is 18.6. The Balaban J connectivity index is 1.34. The Morgan fingerprint density at radius 3 is 2.36 bits per heavy atom. The average Bonchev–Trinajstić information content (AvgIpc) is 3.80. The number of nitrogens with two attached hydrogens (primary N) is 1. The van der Waals surface area contributed by atoms with Crippen molar-refractivity contribution in [3.8, 4) is 6.07 Å². The highest BCUT2D eigenvalue weighted by Gasteiger charge is 2.38. The summed E-state index contributed by atoms with van der Waals surface area (Å²) in [5.74, 6) is -0.284. The van der Waals surface area contributed by atoms with Gasteiger partial charge in [-0.05, 0) is 62.1 Å². The van der Waals surface area contributed by atoms with Gasteiger partial charge in [-0.3, -0.25) is 5.41 Å². The topological polar surface area (TPSA) is 168 Å². The highest BCUT2D eigenvalue weighted by Crippen LogP contribution is 2.42. The van der Waals surface area contributed by atoms with Crippen molar-refractivity contribution in [3.05, 3.63) is 58.7 Å². The molecule has 0 aliphatic carbocycles. The molecule has 0 radical (unpaired) electrons. The summed E-state index contributed by atoms with van der Waals surface area (Å²) >= 11 is 0. The average molecular weight is 760 g/mol. The molecule has 0 saturated carbocycles. The van der Waals surface area contributed by atoms with Crippen LogP contribution in [-0.2, 0) is 29.9 Å². The fourth-order valence-electron chi connectivity index (χ4n) is 6.43. The van der Waals surface area contributed by atoms with Gasteiger partial charge in [-0.25, -0.2) is 9.38 Å². The zero-order valence-electron chi connectivity index (χ0n) is 32.0. The van der Waals surface area contributed by atoms with Gasteiger partial charge in [-0.1, -0.05) is 96.8 Å². The molecule has 3 rings (SSSR count). The summed E-state index contributed by atoms with van der Waals surface area (Å²) in [4.78, 5) is 17.6. The van der Waals surface area contributed by atoms with E-state index in [4.69, 9.17) is 34.4 Å². The number of nitrogens with one attached hydrogen (secondary N) is 2.